The largest absolute Gasteiger partial charge is 0.324 e. The summed E-state index contributed by atoms with van der Waals surface area (Å²) in [5.41, 5.74) is 8.42. The minimum absolute atomic E-state index is 0.103. The third-order valence-corrected chi connectivity index (χ3v) is 3.79. The van der Waals surface area contributed by atoms with E-state index in [1.165, 1.54) is 16.0 Å². The zero-order valence-corrected chi connectivity index (χ0v) is 11.4. The molecule has 2 N–H and O–H groups in total. The quantitative estimate of drug-likeness (QED) is 0.835. The van der Waals surface area contributed by atoms with Crippen LogP contribution in [0, 0.1) is 0 Å². The van der Waals surface area contributed by atoms with E-state index in [1.807, 2.05) is 31.1 Å². The van der Waals surface area contributed by atoms with Gasteiger partial charge in [-0.05, 0) is 48.7 Å². The number of nitrogens with two attached hydrogens (primary N) is 1. The predicted molar refractivity (Wildman–Crippen MR) is 77.7 cm³/mol. The zero-order chi connectivity index (χ0) is 12.8. The van der Waals surface area contributed by atoms with Crippen molar-refractivity contribution >= 4 is 11.8 Å². The van der Waals surface area contributed by atoms with E-state index in [4.69, 9.17) is 5.73 Å². The second-order valence-corrected chi connectivity index (χ2v) is 5.48. The minimum atomic E-state index is 0.103. The molecule has 2 rings (SSSR count). The van der Waals surface area contributed by atoms with Gasteiger partial charge in [-0.2, -0.15) is 0 Å². The van der Waals surface area contributed by atoms with E-state index >= 15 is 0 Å². The third kappa shape index (κ3) is 3.86. The Morgan fingerprint density at radius 3 is 2.72 bits per heavy atom. The molecule has 0 spiro atoms. The molecule has 1 aromatic carbocycles. The Hall–Kier alpha value is -1.32. The van der Waals surface area contributed by atoms with Crippen LogP contribution in [0.3, 0.4) is 0 Å². The topological polar surface area (TPSA) is 38.9 Å². The molecule has 0 fully saturated rings. The summed E-state index contributed by atoms with van der Waals surface area (Å²) < 4.78 is 0. The summed E-state index contributed by atoms with van der Waals surface area (Å²) in [6.07, 6.45) is 4.75. The highest BCUT2D eigenvalue weighted by Crippen LogP contribution is 2.22. The molecule has 0 radical (unpaired) electrons. The molecule has 0 aliphatic heterocycles. The average molecular weight is 258 g/mol. The van der Waals surface area contributed by atoms with Crippen molar-refractivity contribution < 1.29 is 0 Å². The van der Waals surface area contributed by atoms with Crippen molar-refractivity contribution in [1.82, 2.24) is 4.98 Å². The Balaban J connectivity index is 1.89. The van der Waals surface area contributed by atoms with Crippen molar-refractivity contribution in [2.75, 3.05) is 5.75 Å². The lowest BCUT2D eigenvalue weighted by Crippen LogP contribution is -2.04. The highest BCUT2D eigenvalue weighted by Gasteiger charge is 2.01. The fourth-order valence-corrected chi connectivity index (χ4v) is 2.69. The van der Waals surface area contributed by atoms with Crippen LogP contribution in [-0.4, -0.2) is 10.7 Å². The Kier molecular flexibility index (Phi) is 4.79. The fourth-order valence-electron chi connectivity index (χ4n) is 1.72. The number of nitrogens with zero attached hydrogens (tertiary/aromatic N) is 1. The summed E-state index contributed by atoms with van der Waals surface area (Å²) in [5, 5.41) is 0. The van der Waals surface area contributed by atoms with Crippen LogP contribution in [0.15, 0.2) is 53.7 Å². The number of benzene rings is 1. The Bertz CT molecular complexity index is 483. The lowest BCUT2D eigenvalue weighted by Gasteiger charge is -2.08. The van der Waals surface area contributed by atoms with E-state index < -0.39 is 0 Å². The highest BCUT2D eigenvalue weighted by molar-refractivity contribution is 7.99. The zero-order valence-electron chi connectivity index (χ0n) is 10.5. The van der Waals surface area contributed by atoms with Gasteiger partial charge in [0.25, 0.3) is 0 Å². The van der Waals surface area contributed by atoms with E-state index in [2.05, 4.69) is 41.4 Å². The Labute approximate surface area is 113 Å². The van der Waals surface area contributed by atoms with E-state index in [0.717, 1.165) is 12.2 Å². The first-order valence-corrected chi connectivity index (χ1v) is 7.11. The molecular weight excluding hydrogens is 240 g/mol. The van der Waals surface area contributed by atoms with Crippen molar-refractivity contribution in [2.45, 2.75) is 24.3 Å². The smallest absolute Gasteiger partial charge is 0.0270 e. The van der Waals surface area contributed by atoms with E-state index in [9.17, 15) is 0 Å². The second-order valence-electron chi connectivity index (χ2n) is 4.32. The molecule has 1 unspecified atom stereocenters. The molecule has 1 heterocycles. The minimum Gasteiger partial charge on any atom is -0.324 e. The summed E-state index contributed by atoms with van der Waals surface area (Å²) in [6.45, 7) is 2.01. The predicted octanol–water partition coefficient (Wildman–Crippen LogP) is 3.44. The van der Waals surface area contributed by atoms with E-state index in [0.29, 0.717) is 0 Å². The summed E-state index contributed by atoms with van der Waals surface area (Å²) in [7, 11) is 0. The molecule has 0 aliphatic carbocycles. The van der Waals surface area contributed by atoms with Crippen molar-refractivity contribution in [3.8, 4) is 0 Å². The van der Waals surface area contributed by atoms with Gasteiger partial charge in [0, 0.05) is 29.1 Å². The highest BCUT2D eigenvalue weighted by atomic mass is 32.2. The van der Waals surface area contributed by atoms with Gasteiger partial charge in [0.2, 0.25) is 0 Å². The van der Waals surface area contributed by atoms with Crippen molar-refractivity contribution in [1.29, 1.82) is 0 Å². The van der Waals surface area contributed by atoms with Gasteiger partial charge in [-0.15, -0.1) is 11.8 Å². The molecule has 0 amide bonds. The normalized spacial score (nSPS) is 12.3. The molecule has 2 nitrogen and oxygen atoms in total. The van der Waals surface area contributed by atoms with Crippen LogP contribution < -0.4 is 5.73 Å². The van der Waals surface area contributed by atoms with Crippen LogP contribution in [0.4, 0.5) is 0 Å². The van der Waals surface area contributed by atoms with E-state index in [-0.39, 0.29) is 6.04 Å². The molecule has 2 aromatic rings. The van der Waals surface area contributed by atoms with Gasteiger partial charge < -0.3 is 5.73 Å². The summed E-state index contributed by atoms with van der Waals surface area (Å²) >= 11 is 1.87. The molecule has 18 heavy (non-hydrogen) atoms. The van der Waals surface area contributed by atoms with Crippen LogP contribution in [0.5, 0.6) is 0 Å². The van der Waals surface area contributed by atoms with Crippen LogP contribution in [0.25, 0.3) is 0 Å². The maximum Gasteiger partial charge on any atom is 0.0270 e. The molecule has 1 atom stereocenters. The standard InChI is InChI=1S/C15H18N2S/c1-12(16)14-3-2-4-15(11-14)18-10-7-13-5-8-17-9-6-13/h2-6,8-9,11-12H,7,10,16H2,1H3. The van der Waals surface area contributed by atoms with Crippen LogP contribution >= 0.6 is 11.8 Å². The number of pyridine rings is 1. The monoisotopic (exact) mass is 258 g/mol. The number of thioether (sulfide) groups is 1. The van der Waals surface area contributed by atoms with Crippen molar-refractivity contribution in [3.05, 3.63) is 59.9 Å². The van der Waals surface area contributed by atoms with Gasteiger partial charge >= 0.3 is 0 Å². The molecule has 1 aromatic heterocycles. The van der Waals surface area contributed by atoms with E-state index in [1.54, 1.807) is 0 Å². The number of hydrogen-bond acceptors (Lipinski definition) is 3. The summed E-state index contributed by atoms with van der Waals surface area (Å²) in [5.74, 6) is 1.08. The molecule has 0 bridgehead atoms. The summed E-state index contributed by atoms with van der Waals surface area (Å²) in [6, 6.07) is 12.7. The van der Waals surface area contributed by atoms with Crippen LogP contribution in [-0.2, 0) is 6.42 Å². The van der Waals surface area contributed by atoms with Crippen molar-refractivity contribution in [3.63, 3.8) is 0 Å². The number of aryl methyl sites for hydroxylation is 1. The van der Waals surface area contributed by atoms with Gasteiger partial charge in [-0.3, -0.25) is 4.98 Å². The number of hydrogen-bond donors (Lipinski definition) is 1. The molecule has 0 aliphatic rings. The van der Waals surface area contributed by atoms with Crippen molar-refractivity contribution in [2.24, 2.45) is 5.73 Å². The van der Waals surface area contributed by atoms with Crippen LogP contribution in [0.2, 0.25) is 0 Å². The number of aromatic nitrogens is 1. The molecule has 94 valence electrons. The maximum absolute atomic E-state index is 5.89. The summed E-state index contributed by atoms with van der Waals surface area (Å²) in [4.78, 5) is 5.31. The lowest BCUT2D eigenvalue weighted by molar-refractivity contribution is 0.815. The lowest BCUT2D eigenvalue weighted by atomic mass is 10.1. The maximum atomic E-state index is 5.89. The third-order valence-electron chi connectivity index (χ3n) is 2.79. The fraction of sp³-hybridized carbons (Fsp3) is 0.267. The first-order valence-electron chi connectivity index (χ1n) is 6.13. The number of rotatable bonds is 5. The van der Waals surface area contributed by atoms with Gasteiger partial charge in [-0.1, -0.05) is 12.1 Å². The SMILES string of the molecule is CC(N)c1cccc(SCCc2ccncc2)c1. The van der Waals surface area contributed by atoms with Crippen LogP contribution in [0.1, 0.15) is 24.1 Å². The Morgan fingerprint density at radius 1 is 1.22 bits per heavy atom. The second kappa shape index (κ2) is 6.57. The van der Waals surface area contributed by atoms with Gasteiger partial charge in [0.15, 0.2) is 0 Å². The molecule has 0 saturated carbocycles. The van der Waals surface area contributed by atoms with Gasteiger partial charge in [0.05, 0.1) is 0 Å². The first kappa shape index (κ1) is 13.1. The Morgan fingerprint density at radius 2 is 2.00 bits per heavy atom. The van der Waals surface area contributed by atoms with Gasteiger partial charge in [-0.25, -0.2) is 0 Å². The first-order chi connectivity index (χ1) is 8.75. The molecular formula is C15H18N2S. The molecule has 0 saturated heterocycles. The average Bonchev–Trinajstić information content (AvgIpc) is 2.40. The van der Waals surface area contributed by atoms with Gasteiger partial charge in [0.1, 0.15) is 0 Å². The molecule has 3 heteroatoms.